The van der Waals surface area contributed by atoms with Gasteiger partial charge in [-0.15, -0.1) is 0 Å². The maximum absolute atomic E-state index is 12.5. The number of rotatable bonds is 0. The number of carbonyl (C=O) groups excluding carboxylic acids is 1. The fourth-order valence-electron chi connectivity index (χ4n) is 5.73. The normalized spacial score (nSPS) is 53.8. The Hall–Kier alpha value is -0.870. The molecule has 1 spiro atoms. The van der Waals surface area contributed by atoms with Gasteiger partial charge in [0.1, 0.15) is 11.5 Å². The lowest BCUT2D eigenvalue weighted by Crippen LogP contribution is -2.68. The molecule has 20 heavy (non-hydrogen) atoms. The number of aliphatic hydroxyl groups excluding tert-OH is 1. The van der Waals surface area contributed by atoms with Crippen LogP contribution in [0.3, 0.4) is 0 Å². The zero-order valence-corrected chi connectivity index (χ0v) is 12.0. The minimum absolute atomic E-state index is 0.0387. The number of ketones is 1. The Morgan fingerprint density at radius 1 is 1.45 bits per heavy atom. The average Bonchev–Trinajstić information content (AvgIpc) is 2.67. The van der Waals surface area contributed by atoms with E-state index in [9.17, 15) is 15.0 Å². The lowest BCUT2D eigenvalue weighted by atomic mass is 9.53. The number of nitrogens with zero attached hydrogens (tertiary/aromatic N) is 1. The molecule has 2 bridgehead atoms. The van der Waals surface area contributed by atoms with Gasteiger partial charge in [-0.1, -0.05) is 13.0 Å². The third kappa shape index (κ3) is 1.23. The first-order valence-electron chi connectivity index (χ1n) is 7.87. The molecule has 0 unspecified atom stereocenters. The fourth-order valence-corrected chi connectivity index (χ4v) is 5.73. The van der Waals surface area contributed by atoms with Crippen LogP contribution in [0.15, 0.2) is 12.3 Å². The van der Waals surface area contributed by atoms with E-state index in [1.165, 1.54) is 0 Å². The summed E-state index contributed by atoms with van der Waals surface area (Å²) in [6, 6.07) is 0. The van der Waals surface area contributed by atoms with Crippen LogP contribution in [0.2, 0.25) is 0 Å². The molecule has 2 N–H and O–H groups in total. The van der Waals surface area contributed by atoms with E-state index < -0.39 is 17.2 Å². The first-order chi connectivity index (χ1) is 9.50. The molecule has 2 aliphatic heterocycles. The van der Waals surface area contributed by atoms with Gasteiger partial charge < -0.3 is 15.1 Å². The summed E-state index contributed by atoms with van der Waals surface area (Å²) in [4.78, 5) is 14.6. The first kappa shape index (κ1) is 12.8. The van der Waals surface area contributed by atoms with Crippen molar-refractivity contribution in [2.75, 3.05) is 6.54 Å². The number of hydrogen-bond donors (Lipinski definition) is 2. The van der Waals surface area contributed by atoms with Gasteiger partial charge in [0.15, 0.2) is 0 Å². The summed E-state index contributed by atoms with van der Waals surface area (Å²) in [7, 11) is 0. The molecular formula is C16H23NO3. The highest BCUT2D eigenvalue weighted by Gasteiger charge is 2.71. The molecule has 3 fully saturated rings. The number of carbonyl (C=O) groups is 1. The van der Waals surface area contributed by atoms with Crippen molar-refractivity contribution in [1.29, 1.82) is 0 Å². The van der Waals surface area contributed by atoms with E-state index in [-0.39, 0.29) is 23.5 Å². The van der Waals surface area contributed by atoms with Gasteiger partial charge in [0.2, 0.25) is 0 Å². The van der Waals surface area contributed by atoms with Crippen molar-refractivity contribution in [3.63, 3.8) is 0 Å². The van der Waals surface area contributed by atoms with Gasteiger partial charge in [0.25, 0.3) is 0 Å². The Bertz CT molecular complexity index is 490. The average molecular weight is 277 g/mol. The fraction of sp³-hybridized carbons (Fsp3) is 0.812. The number of allylic oxidation sites excluding steroid dienone is 1. The van der Waals surface area contributed by atoms with Crippen molar-refractivity contribution in [2.45, 2.75) is 50.9 Å². The second-order valence-electron chi connectivity index (χ2n) is 7.28. The van der Waals surface area contributed by atoms with Crippen LogP contribution in [0.25, 0.3) is 0 Å². The Morgan fingerprint density at radius 3 is 3.05 bits per heavy atom. The second kappa shape index (κ2) is 3.86. The summed E-state index contributed by atoms with van der Waals surface area (Å²) in [5.74, 6) is 0.143. The summed E-state index contributed by atoms with van der Waals surface area (Å²) >= 11 is 0. The van der Waals surface area contributed by atoms with E-state index in [0.717, 1.165) is 25.8 Å². The molecule has 4 aliphatic rings. The molecule has 0 amide bonds. The summed E-state index contributed by atoms with van der Waals surface area (Å²) in [5, 5.41) is 22.2. The van der Waals surface area contributed by atoms with Crippen LogP contribution in [0.5, 0.6) is 0 Å². The zero-order chi connectivity index (χ0) is 14.1. The SMILES string of the molecule is C[C@H]1C[C@@]2(O)N3C=CC[C@]24[C@H](CCC3)C(=O)C[C@@H]4[C@@H]1O. The quantitative estimate of drug-likeness (QED) is 0.700. The van der Waals surface area contributed by atoms with Crippen molar-refractivity contribution in [2.24, 2.45) is 23.2 Å². The number of Topliss-reactive ketones (excluding diaryl/α,β-unsaturated/α-hetero) is 1. The summed E-state index contributed by atoms with van der Waals surface area (Å²) in [6.07, 6.45) is 7.19. The topological polar surface area (TPSA) is 60.8 Å². The predicted octanol–water partition coefficient (Wildman–Crippen LogP) is 1.28. The minimum atomic E-state index is -0.946. The van der Waals surface area contributed by atoms with Gasteiger partial charge in [-0.05, 0) is 31.4 Å². The molecule has 0 aromatic heterocycles. The Labute approximate surface area is 119 Å². The van der Waals surface area contributed by atoms with Crippen LogP contribution in [-0.4, -0.2) is 39.3 Å². The highest BCUT2D eigenvalue weighted by atomic mass is 16.3. The predicted molar refractivity (Wildman–Crippen MR) is 73.5 cm³/mol. The molecule has 2 aliphatic carbocycles. The third-order valence-electron chi connectivity index (χ3n) is 6.55. The van der Waals surface area contributed by atoms with E-state index in [4.69, 9.17) is 0 Å². The van der Waals surface area contributed by atoms with Crippen molar-refractivity contribution in [3.8, 4) is 0 Å². The van der Waals surface area contributed by atoms with Crippen molar-refractivity contribution in [3.05, 3.63) is 12.3 Å². The molecule has 2 saturated carbocycles. The lowest BCUT2D eigenvalue weighted by molar-refractivity contribution is -0.258. The molecule has 2 heterocycles. The second-order valence-corrected chi connectivity index (χ2v) is 7.28. The third-order valence-corrected chi connectivity index (χ3v) is 6.55. The molecule has 0 radical (unpaired) electrons. The van der Waals surface area contributed by atoms with Crippen LogP contribution in [0, 0.1) is 23.2 Å². The Morgan fingerprint density at radius 2 is 2.25 bits per heavy atom. The molecular weight excluding hydrogens is 254 g/mol. The van der Waals surface area contributed by atoms with Crippen LogP contribution in [0.1, 0.15) is 39.0 Å². The molecule has 4 rings (SSSR count). The van der Waals surface area contributed by atoms with E-state index in [1.807, 2.05) is 13.1 Å². The van der Waals surface area contributed by atoms with E-state index in [1.54, 1.807) is 0 Å². The molecule has 6 atom stereocenters. The van der Waals surface area contributed by atoms with Gasteiger partial charge in [0.05, 0.1) is 6.10 Å². The van der Waals surface area contributed by atoms with Crippen LogP contribution >= 0.6 is 0 Å². The Kier molecular flexibility index (Phi) is 2.48. The van der Waals surface area contributed by atoms with Gasteiger partial charge >= 0.3 is 0 Å². The number of hydrogen-bond acceptors (Lipinski definition) is 4. The van der Waals surface area contributed by atoms with Gasteiger partial charge in [-0.25, -0.2) is 0 Å². The molecule has 110 valence electrons. The monoisotopic (exact) mass is 277 g/mol. The van der Waals surface area contributed by atoms with Gasteiger partial charge in [-0.2, -0.15) is 0 Å². The summed E-state index contributed by atoms with van der Waals surface area (Å²) < 4.78 is 0. The maximum Gasteiger partial charge on any atom is 0.144 e. The summed E-state index contributed by atoms with van der Waals surface area (Å²) in [6.45, 7) is 2.81. The standard InChI is InChI=1S/C16H23NO3/c1-10-9-16(20)15-5-3-7-17(16)6-2-4-11(15)13(18)8-12(15)14(10)19/h3,7,10-12,14,19-20H,2,4-6,8-9H2,1H3/t10-,11+,12+,14+,15+,16-/m0/s1. The largest absolute Gasteiger partial charge is 0.393 e. The minimum Gasteiger partial charge on any atom is -0.393 e. The molecule has 4 nitrogen and oxygen atoms in total. The van der Waals surface area contributed by atoms with E-state index in [0.29, 0.717) is 12.8 Å². The maximum atomic E-state index is 12.5. The number of aliphatic hydroxyl groups is 2. The molecule has 0 aromatic carbocycles. The van der Waals surface area contributed by atoms with Gasteiger partial charge in [0, 0.05) is 36.6 Å². The van der Waals surface area contributed by atoms with Gasteiger partial charge in [-0.3, -0.25) is 4.79 Å². The van der Waals surface area contributed by atoms with Crippen LogP contribution in [-0.2, 0) is 4.79 Å². The molecule has 1 saturated heterocycles. The van der Waals surface area contributed by atoms with E-state index in [2.05, 4.69) is 11.0 Å². The smallest absolute Gasteiger partial charge is 0.144 e. The van der Waals surface area contributed by atoms with E-state index >= 15 is 0 Å². The van der Waals surface area contributed by atoms with Crippen molar-refractivity contribution >= 4 is 5.78 Å². The van der Waals surface area contributed by atoms with Crippen LogP contribution < -0.4 is 0 Å². The molecule has 4 heteroatoms. The van der Waals surface area contributed by atoms with Crippen LogP contribution in [0.4, 0.5) is 0 Å². The Balaban J connectivity index is 1.94. The van der Waals surface area contributed by atoms with Crippen molar-refractivity contribution in [1.82, 2.24) is 4.90 Å². The molecule has 0 aromatic rings. The first-order valence-corrected chi connectivity index (χ1v) is 7.87. The van der Waals surface area contributed by atoms with Crippen molar-refractivity contribution < 1.29 is 15.0 Å². The zero-order valence-electron chi connectivity index (χ0n) is 12.0. The summed E-state index contributed by atoms with van der Waals surface area (Å²) in [5.41, 5.74) is -1.40. The highest BCUT2D eigenvalue weighted by molar-refractivity contribution is 5.85. The lowest BCUT2D eigenvalue weighted by Gasteiger charge is -2.61. The highest BCUT2D eigenvalue weighted by Crippen LogP contribution is 2.66.